The van der Waals surface area contributed by atoms with Crippen molar-refractivity contribution in [1.82, 2.24) is 4.98 Å². The van der Waals surface area contributed by atoms with Crippen LogP contribution < -0.4 is 5.73 Å². The monoisotopic (exact) mass is 232 g/mol. The SMILES string of the molecule is NC(=O)c1ccc(-c2cccnc2)cc1Cl. The van der Waals surface area contributed by atoms with Gasteiger partial charge in [0.15, 0.2) is 0 Å². The van der Waals surface area contributed by atoms with Crippen LogP contribution in [-0.4, -0.2) is 10.9 Å². The van der Waals surface area contributed by atoms with Crippen LogP contribution >= 0.6 is 11.6 Å². The van der Waals surface area contributed by atoms with E-state index >= 15 is 0 Å². The van der Waals surface area contributed by atoms with E-state index in [0.29, 0.717) is 10.6 Å². The molecule has 0 saturated heterocycles. The zero-order chi connectivity index (χ0) is 11.5. The van der Waals surface area contributed by atoms with Gasteiger partial charge in [-0.2, -0.15) is 0 Å². The number of amides is 1. The van der Waals surface area contributed by atoms with E-state index in [-0.39, 0.29) is 0 Å². The lowest BCUT2D eigenvalue weighted by Crippen LogP contribution is -2.11. The smallest absolute Gasteiger partial charge is 0.250 e. The van der Waals surface area contributed by atoms with Crippen LogP contribution in [0, 0.1) is 0 Å². The fourth-order valence-corrected chi connectivity index (χ4v) is 1.70. The van der Waals surface area contributed by atoms with Crippen molar-refractivity contribution < 1.29 is 4.79 Å². The van der Waals surface area contributed by atoms with Gasteiger partial charge >= 0.3 is 0 Å². The maximum absolute atomic E-state index is 11.0. The van der Waals surface area contributed by atoms with Gasteiger partial charge in [-0.05, 0) is 23.8 Å². The third-order valence-corrected chi connectivity index (χ3v) is 2.54. The summed E-state index contributed by atoms with van der Waals surface area (Å²) in [5.41, 5.74) is 7.35. The van der Waals surface area contributed by atoms with Crippen LogP contribution in [0.25, 0.3) is 11.1 Å². The standard InChI is InChI=1S/C12H9ClN2O/c13-11-6-8(3-4-10(11)12(14)16)9-2-1-5-15-7-9/h1-7H,(H2,14,16). The molecule has 2 rings (SSSR count). The van der Waals surface area contributed by atoms with Crippen LogP contribution in [0.3, 0.4) is 0 Å². The fourth-order valence-electron chi connectivity index (χ4n) is 1.43. The summed E-state index contributed by atoms with van der Waals surface area (Å²) in [6.07, 6.45) is 3.43. The predicted molar refractivity (Wildman–Crippen MR) is 63.2 cm³/mol. The van der Waals surface area contributed by atoms with Crippen molar-refractivity contribution in [1.29, 1.82) is 0 Å². The topological polar surface area (TPSA) is 56.0 Å². The lowest BCUT2D eigenvalue weighted by Gasteiger charge is -2.04. The highest BCUT2D eigenvalue weighted by Crippen LogP contribution is 2.24. The maximum Gasteiger partial charge on any atom is 0.250 e. The van der Waals surface area contributed by atoms with Crippen LogP contribution in [0.5, 0.6) is 0 Å². The van der Waals surface area contributed by atoms with E-state index < -0.39 is 5.91 Å². The predicted octanol–water partition coefficient (Wildman–Crippen LogP) is 2.50. The van der Waals surface area contributed by atoms with Gasteiger partial charge in [0.2, 0.25) is 5.91 Å². The molecule has 1 aromatic carbocycles. The van der Waals surface area contributed by atoms with Crippen molar-refractivity contribution in [2.24, 2.45) is 5.73 Å². The zero-order valence-electron chi connectivity index (χ0n) is 8.35. The highest BCUT2D eigenvalue weighted by Gasteiger charge is 2.07. The second-order valence-corrected chi connectivity index (χ2v) is 3.71. The molecule has 0 aliphatic rings. The first-order chi connectivity index (χ1) is 7.68. The Morgan fingerprint density at radius 3 is 2.62 bits per heavy atom. The Morgan fingerprint density at radius 1 is 1.25 bits per heavy atom. The molecule has 2 aromatic rings. The van der Waals surface area contributed by atoms with Gasteiger partial charge in [-0.1, -0.05) is 23.7 Å². The maximum atomic E-state index is 11.0. The first-order valence-electron chi connectivity index (χ1n) is 4.68. The first-order valence-corrected chi connectivity index (χ1v) is 5.06. The summed E-state index contributed by atoms with van der Waals surface area (Å²) in [5.74, 6) is -0.525. The highest BCUT2D eigenvalue weighted by molar-refractivity contribution is 6.34. The molecule has 0 unspecified atom stereocenters. The average Bonchev–Trinajstić information content (AvgIpc) is 2.29. The fraction of sp³-hybridized carbons (Fsp3) is 0. The lowest BCUT2D eigenvalue weighted by atomic mass is 10.1. The molecule has 0 fully saturated rings. The Morgan fingerprint density at radius 2 is 2.06 bits per heavy atom. The van der Waals surface area contributed by atoms with Crippen LogP contribution in [0.2, 0.25) is 5.02 Å². The van der Waals surface area contributed by atoms with E-state index in [4.69, 9.17) is 17.3 Å². The third kappa shape index (κ3) is 2.04. The van der Waals surface area contributed by atoms with Gasteiger partial charge in [-0.25, -0.2) is 0 Å². The van der Waals surface area contributed by atoms with Crippen molar-refractivity contribution in [3.8, 4) is 11.1 Å². The lowest BCUT2D eigenvalue weighted by molar-refractivity contribution is 0.100. The molecule has 2 N–H and O–H groups in total. The zero-order valence-corrected chi connectivity index (χ0v) is 9.11. The van der Waals surface area contributed by atoms with Gasteiger partial charge in [-0.3, -0.25) is 9.78 Å². The van der Waals surface area contributed by atoms with Crippen molar-refractivity contribution in [3.05, 3.63) is 53.3 Å². The number of hydrogen-bond acceptors (Lipinski definition) is 2. The van der Waals surface area contributed by atoms with Crippen molar-refractivity contribution in [2.75, 3.05) is 0 Å². The summed E-state index contributed by atoms with van der Waals surface area (Å²) in [5, 5.41) is 0.355. The summed E-state index contributed by atoms with van der Waals surface area (Å²) in [7, 11) is 0. The van der Waals surface area contributed by atoms with E-state index in [1.54, 1.807) is 30.6 Å². The van der Waals surface area contributed by atoms with Crippen LogP contribution in [0.15, 0.2) is 42.7 Å². The molecular weight excluding hydrogens is 224 g/mol. The molecule has 16 heavy (non-hydrogen) atoms. The number of nitrogens with zero attached hydrogens (tertiary/aromatic N) is 1. The number of rotatable bonds is 2. The number of pyridine rings is 1. The first kappa shape index (κ1) is 10.6. The van der Waals surface area contributed by atoms with E-state index in [2.05, 4.69) is 4.98 Å². The Hall–Kier alpha value is -1.87. The molecule has 4 heteroatoms. The van der Waals surface area contributed by atoms with Gasteiger partial charge in [-0.15, -0.1) is 0 Å². The summed E-state index contributed by atoms with van der Waals surface area (Å²) >= 11 is 5.95. The third-order valence-electron chi connectivity index (χ3n) is 2.23. The number of hydrogen-bond donors (Lipinski definition) is 1. The van der Waals surface area contributed by atoms with Crippen LogP contribution in [-0.2, 0) is 0 Å². The second kappa shape index (κ2) is 4.33. The molecule has 0 aliphatic heterocycles. The quantitative estimate of drug-likeness (QED) is 0.865. The number of benzene rings is 1. The van der Waals surface area contributed by atoms with Gasteiger partial charge < -0.3 is 5.73 Å². The summed E-state index contributed by atoms with van der Waals surface area (Å²) in [6.45, 7) is 0. The Kier molecular flexibility index (Phi) is 2.88. The molecule has 0 spiro atoms. The molecule has 0 radical (unpaired) electrons. The average molecular weight is 233 g/mol. The molecular formula is C12H9ClN2O. The van der Waals surface area contributed by atoms with Crippen LogP contribution in [0.4, 0.5) is 0 Å². The molecule has 0 bridgehead atoms. The van der Waals surface area contributed by atoms with E-state index in [0.717, 1.165) is 11.1 Å². The van der Waals surface area contributed by atoms with E-state index in [1.807, 2.05) is 12.1 Å². The minimum atomic E-state index is -0.525. The number of carbonyl (C=O) groups is 1. The minimum Gasteiger partial charge on any atom is -0.366 e. The Balaban J connectivity index is 2.46. The van der Waals surface area contributed by atoms with Crippen LogP contribution in [0.1, 0.15) is 10.4 Å². The molecule has 1 amide bonds. The van der Waals surface area contributed by atoms with Crippen molar-refractivity contribution in [3.63, 3.8) is 0 Å². The van der Waals surface area contributed by atoms with Crippen molar-refractivity contribution in [2.45, 2.75) is 0 Å². The normalized spacial score (nSPS) is 10.1. The molecule has 1 aromatic heterocycles. The number of nitrogens with two attached hydrogens (primary N) is 1. The number of halogens is 1. The summed E-state index contributed by atoms with van der Waals surface area (Å²) in [4.78, 5) is 15.0. The molecule has 0 atom stereocenters. The van der Waals surface area contributed by atoms with Gasteiger partial charge in [0.25, 0.3) is 0 Å². The second-order valence-electron chi connectivity index (χ2n) is 3.30. The minimum absolute atomic E-state index is 0.328. The summed E-state index contributed by atoms with van der Waals surface area (Å²) < 4.78 is 0. The van der Waals surface area contributed by atoms with E-state index in [9.17, 15) is 4.79 Å². The van der Waals surface area contributed by atoms with E-state index in [1.165, 1.54) is 0 Å². The molecule has 3 nitrogen and oxygen atoms in total. The van der Waals surface area contributed by atoms with Gasteiger partial charge in [0, 0.05) is 18.0 Å². The Bertz CT molecular complexity index is 526. The Labute approximate surface area is 97.9 Å². The van der Waals surface area contributed by atoms with Crippen molar-refractivity contribution >= 4 is 17.5 Å². The number of carbonyl (C=O) groups excluding carboxylic acids is 1. The van der Waals surface area contributed by atoms with Gasteiger partial charge in [0.1, 0.15) is 0 Å². The number of aromatic nitrogens is 1. The molecule has 1 heterocycles. The molecule has 0 saturated carbocycles. The molecule has 0 aliphatic carbocycles. The molecule has 80 valence electrons. The summed E-state index contributed by atoms with van der Waals surface area (Å²) in [6, 6.07) is 8.88. The largest absolute Gasteiger partial charge is 0.366 e. The highest BCUT2D eigenvalue weighted by atomic mass is 35.5. The van der Waals surface area contributed by atoms with Gasteiger partial charge in [0.05, 0.1) is 10.6 Å². The number of primary amides is 1.